The number of nitrogens with zero attached hydrogens (tertiary/aromatic N) is 1. The summed E-state index contributed by atoms with van der Waals surface area (Å²) in [4.78, 5) is 21.4. The van der Waals surface area contributed by atoms with E-state index in [2.05, 4.69) is 0 Å². The number of ether oxygens (including phenoxy) is 1. The fraction of sp³-hybridized carbons (Fsp3) is 0.417. The van der Waals surface area contributed by atoms with Crippen molar-refractivity contribution in [1.82, 2.24) is 0 Å². The molecule has 98 valence electrons. The van der Waals surface area contributed by atoms with Crippen LogP contribution in [-0.4, -0.2) is 24.0 Å². The fourth-order valence-electron chi connectivity index (χ4n) is 1.65. The predicted molar refractivity (Wildman–Crippen MR) is 62.3 cm³/mol. The standard InChI is InChI=1S/C12H14FNO4/c1-2-18-12(15)7-10(8-14(16)17)9-4-3-5-11(13)6-9/h3-6,10H,2,7-8H2,1H3. The second kappa shape index (κ2) is 6.68. The fourth-order valence-corrected chi connectivity index (χ4v) is 1.65. The van der Waals surface area contributed by atoms with Crippen LogP contribution in [0.1, 0.15) is 24.8 Å². The molecule has 0 heterocycles. The zero-order valence-electron chi connectivity index (χ0n) is 9.97. The van der Waals surface area contributed by atoms with Crippen molar-refractivity contribution in [2.75, 3.05) is 13.2 Å². The van der Waals surface area contributed by atoms with Gasteiger partial charge in [0.2, 0.25) is 6.54 Å². The lowest BCUT2D eigenvalue weighted by atomic mass is 9.96. The van der Waals surface area contributed by atoms with Crippen molar-refractivity contribution < 1.29 is 18.8 Å². The molecule has 1 unspecified atom stereocenters. The minimum Gasteiger partial charge on any atom is -0.466 e. The van der Waals surface area contributed by atoms with Gasteiger partial charge in [0.1, 0.15) is 5.82 Å². The molecule has 0 saturated carbocycles. The maximum Gasteiger partial charge on any atom is 0.306 e. The van der Waals surface area contributed by atoms with Crippen molar-refractivity contribution in [2.45, 2.75) is 19.3 Å². The Balaban J connectivity index is 2.84. The van der Waals surface area contributed by atoms with Crippen LogP contribution in [0.25, 0.3) is 0 Å². The van der Waals surface area contributed by atoms with Crippen LogP contribution >= 0.6 is 0 Å². The molecule has 0 radical (unpaired) electrons. The van der Waals surface area contributed by atoms with Crippen molar-refractivity contribution in [3.05, 3.63) is 45.8 Å². The van der Waals surface area contributed by atoms with Gasteiger partial charge in [0.05, 0.1) is 18.9 Å². The molecule has 0 aromatic heterocycles. The summed E-state index contributed by atoms with van der Waals surface area (Å²) >= 11 is 0. The number of benzene rings is 1. The summed E-state index contributed by atoms with van der Waals surface area (Å²) in [6.45, 7) is 1.44. The lowest BCUT2D eigenvalue weighted by Crippen LogP contribution is -2.18. The van der Waals surface area contributed by atoms with Gasteiger partial charge in [-0.3, -0.25) is 14.9 Å². The zero-order chi connectivity index (χ0) is 13.5. The number of hydrogen-bond acceptors (Lipinski definition) is 4. The van der Waals surface area contributed by atoms with Gasteiger partial charge in [0, 0.05) is 4.92 Å². The van der Waals surface area contributed by atoms with E-state index >= 15 is 0 Å². The highest BCUT2D eigenvalue weighted by Crippen LogP contribution is 2.21. The van der Waals surface area contributed by atoms with Crippen molar-refractivity contribution in [1.29, 1.82) is 0 Å². The van der Waals surface area contributed by atoms with Crippen molar-refractivity contribution in [2.24, 2.45) is 0 Å². The highest BCUT2D eigenvalue weighted by atomic mass is 19.1. The van der Waals surface area contributed by atoms with Crippen LogP contribution in [0.2, 0.25) is 0 Å². The summed E-state index contributed by atoms with van der Waals surface area (Å²) in [5.41, 5.74) is 0.430. The molecule has 1 aromatic carbocycles. The second-order valence-corrected chi connectivity index (χ2v) is 3.78. The topological polar surface area (TPSA) is 69.4 Å². The van der Waals surface area contributed by atoms with Crippen LogP contribution in [0.4, 0.5) is 4.39 Å². The largest absolute Gasteiger partial charge is 0.466 e. The van der Waals surface area contributed by atoms with Crippen molar-refractivity contribution in [3.63, 3.8) is 0 Å². The van der Waals surface area contributed by atoms with Crippen LogP contribution < -0.4 is 0 Å². The van der Waals surface area contributed by atoms with Gasteiger partial charge in [-0.2, -0.15) is 0 Å². The molecule has 0 aliphatic carbocycles. The first-order chi connectivity index (χ1) is 8.52. The van der Waals surface area contributed by atoms with E-state index in [-0.39, 0.29) is 13.0 Å². The Bertz CT molecular complexity index is 436. The van der Waals surface area contributed by atoms with Crippen LogP contribution in [0.15, 0.2) is 24.3 Å². The Morgan fingerprint density at radius 1 is 1.56 bits per heavy atom. The van der Waals surface area contributed by atoms with E-state index in [1.165, 1.54) is 18.2 Å². The molecular formula is C12H14FNO4. The number of halogens is 1. The summed E-state index contributed by atoms with van der Waals surface area (Å²) in [6, 6.07) is 5.48. The SMILES string of the molecule is CCOC(=O)CC(C[N+](=O)[O-])c1cccc(F)c1. The summed E-state index contributed by atoms with van der Waals surface area (Å²) < 4.78 is 17.8. The average Bonchev–Trinajstić information content (AvgIpc) is 2.28. The normalized spacial score (nSPS) is 11.9. The second-order valence-electron chi connectivity index (χ2n) is 3.78. The first-order valence-corrected chi connectivity index (χ1v) is 5.55. The Hall–Kier alpha value is -1.98. The van der Waals surface area contributed by atoms with Gasteiger partial charge in [-0.15, -0.1) is 0 Å². The number of nitro groups is 1. The zero-order valence-corrected chi connectivity index (χ0v) is 9.97. The lowest BCUT2D eigenvalue weighted by Gasteiger charge is -2.12. The van der Waals surface area contributed by atoms with E-state index in [0.29, 0.717) is 5.56 Å². The van der Waals surface area contributed by atoms with E-state index < -0.39 is 29.2 Å². The summed E-state index contributed by atoms with van der Waals surface area (Å²) in [7, 11) is 0. The molecule has 0 bridgehead atoms. The summed E-state index contributed by atoms with van der Waals surface area (Å²) in [5.74, 6) is -1.67. The Morgan fingerprint density at radius 3 is 2.83 bits per heavy atom. The summed E-state index contributed by atoms with van der Waals surface area (Å²) in [6.07, 6.45) is -0.127. The highest BCUT2D eigenvalue weighted by molar-refractivity contribution is 5.70. The van der Waals surface area contributed by atoms with Gasteiger partial charge >= 0.3 is 5.97 Å². The minimum atomic E-state index is -0.672. The molecule has 0 spiro atoms. The lowest BCUT2D eigenvalue weighted by molar-refractivity contribution is -0.483. The monoisotopic (exact) mass is 255 g/mol. The molecule has 1 rings (SSSR count). The molecule has 0 aliphatic rings. The van der Waals surface area contributed by atoms with Gasteiger partial charge in [-0.25, -0.2) is 4.39 Å². The average molecular weight is 255 g/mol. The molecule has 0 saturated heterocycles. The molecular weight excluding hydrogens is 241 g/mol. The maximum absolute atomic E-state index is 13.1. The number of carbonyl (C=O) groups is 1. The van der Waals surface area contributed by atoms with Crippen LogP contribution in [0, 0.1) is 15.9 Å². The third-order valence-corrected chi connectivity index (χ3v) is 2.41. The van der Waals surface area contributed by atoms with Crippen LogP contribution in [0.3, 0.4) is 0 Å². The van der Waals surface area contributed by atoms with E-state index in [0.717, 1.165) is 0 Å². The van der Waals surface area contributed by atoms with Crippen molar-refractivity contribution >= 4 is 5.97 Å². The molecule has 5 nitrogen and oxygen atoms in total. The van der Waals surface area contributed by atoms with Gasteiger partial charge in [-0.1, -0.05) is 12.1 Å². The third-order valence-electron chi connectivity index (χ3n) is 2.41. The molecule has 0 amide bonds. The van der Waals surface area contributed by atoms with Crippen LogP contribution in [-0.2, 0) is 9.53 Å². The van der Waals surface area contributed by atoms with Gasteiger partial charge in [0.25, 0.3) is 0 Å². The molecule has 0 aliphatic heterocycles. The number of hydrogen-bond donors (Lipinski definition) is 0. The molecule has 6 heteroatoms. The molecule has 1 atom stereocenters. The number of carbonyl (C=O) groups excluding carboxylic acids is 1. The van der Waals surface area contributed by atoms with Crippen molar-refractivity contribution in [3.8, 4) is 0 Å². The number of esters is 1. The smallest absolute Gasteiger partial charge is 0.306 e. The Kier molecular flexibility index (Phi) is 5.23. The third kappa shape index (κ3) is 4.48. The van der Waals surface area contributed by atoms with E-state index in [9.17, 15) is 19.3 Å². The molecule has 0 N–H and O–H groups in total. The maximum atomic E-state index is 13.1. The Morgan fingerprint density at radius 2 is 2.28 bits per heavy atom. The van der Waals surface area contributed by atoms with E-state index in [4.69, 9.17) is 4.74 Å². The molecule has 18 heavy (non-hydrogen) atoms. The highest BCUT2D eigenvalue weighted by Gasteiger charge is 2.22. The van der Waals surface area contributed by atoms with E-state index in [1.807, 2.05) is 0 Å². The van der Waals surface area contributed by atoms with Gasteiger partial charge < -0.3 is 4.74 Å². The van der Waals surface area contributed by atoms with Gasteiger partial charge in [0.15, 0.2) is 0 Å². The molecule has 1 aromatic rings. The van der Waals surface area contributed by atoms with Crippen LogP contribution in [0.5, 0.6) is 0 Å². The quantitative estimate of drug-likeness (QED) is 0.443. The first-order valence-electron chi connectivity index (χ1n) is 5.55. The predicted octanol–water partition coefficient (Wildman–Crippen LogP) is 2.14. The number of rotatable bonds is 6. The first kappa shape index (κ1) is 14.1. The minimum absolute atomic E-state index is 0.127. The Labute approximate surface area is 104 Å². The van der Waals surface area contributed by atoms with E-state index in [1.54, 1.807) is 13.0 Å². The summed E-state index contributed by atoms with van der Waals surface area (Å²) in [5, 5.41) is 10.6. The molecule has 0 fully saturated rings. The van der Waals surface area contributed by atoms with Gasteiger partial charge in [-0.05, 0) is 24.6 Å².